The smallest absolute Gasteiger partial charge is 0.179 e. The van der Waals surface area contributed by atoms with Crippen LogP contribution < -0.4 is 0 Å². The van der Waals surface area contributed by atoms with Crippen molar-refractivity contribution in [3.63, 3.8) is 0 Å². The van der Waals surface area contributed by atoms with Crippen LogP contribution in [0.5, 0.6) is 0 Å². The number of hydrogen-bond donors (Lipinski definition) is 1. The highest BCUT2D eigenvalue weighted by Crippen LogP contribution is 2.27. The fourth-order valence-electron chi connectivity index (χ4n) is 3.80. The summed E-state index contributed by atoms with van der Waals surface area (Å²) in [5, 5.41) is 0. The van der Waals surface area contributed by atoms with Gasteiger partial charge in [-0.3, -0.25) is 0 Å². The standard InChI is InChI=1S/C23H47Cl3SSi/c24-28(25,26)23-21-19-17-15-13-11-9-7-5-3-1-2-4-6-8-10-12-14-16-18-20-22-27/h27H,1-23H2. The minimum Gasteiger partial charge on any atom is -0.179 e. The third-order valence-corrected chi connectivity index (χ3v) is 8.56. The Bertz CT molecular complexity index is 298. The summed E-state index contributed by atoms with van der Waals surface area (Å²) >= 11 is 21.9. The van der Waals surface area contributed by atoms with Crippen molar-refractivity contribution in [1.29, 1.82) is 0 Å². The molecule has 0 amide bonds. The van der Waals surface area contributed by atoms with Crippen LogP contribution in [0.2, 0.25) is 6.04 Å². The van der Waals surface area contributed by atoms with Crippen LogP contribution in [0.15, 0.2) is 0 Å². The Labute approximate surface area is 197 Å². The molecule has 0 aliphatic rings. The largest absolute Gasteiger partial charge is 0.341 e. The fraction of sp³-hybridized carbons (Fsp3) is 1.00. The van der Waals surface area contributed by atoms with Gasteiger partial charge in [-0.05, 0) is 18.2 Å². The van der Waals surface area contributed by atoms with Crippen molar-refractivity contribution in [2.45, 2.75) is 141 Å². The lowest BCUT2D eigenvalue weighted by Crippen LogP contribution is -2.07. The van der Waals surface area contributed by atoms with Crippen LogP contribution >= 0.6 is 45.9 Å². The molecule has 5 heteroatoms. The van der Waals surface area contributed by atoms with Crippen LogP contribution in [-0.2, 0) is 0 Å². The summed E-state index contributed by atoms with van der Waals surface area (Å²) in [6.07, 6.45) is 29.3. The third kappa shape index (κ3) is 27.4. The molecule has 0 unspecified atom stereocenters. The maximum atomic E-state index is 5.90. The Morgan fingerprint density at radius 1 is 0.357 bits per heavy atom. The van der Waals surface area contributed by atoms with E-state index in [9.17, 15) is 0 Å². The number of thiol groups is 1. The molecule has 0 saturated heterocycles. The molecule has 28 heavy (non-hydrogen) atoms. The van der Waals surface area contributed by atoms with E-state index in [1.165, 1.54) is 128 Å². The number of rotatable bonds is 23. The average Bonchev–Trinajstić information content (AvgIpc) is 2.65. The second-order valence-electron chi connectivity index (χ2n) is 8.51. The Balaban J connectivity index is 3.01. The van der Waals surface area contributed by atoms with Gasteiger partial charge in [-0.1, -0.05) is 128 Å². The van der Waals surface area contributed by atoms with Crippen molar-refractivity contribution in [3.8, 4) is 0 Å². The summed E-state index contributed by atoms with van der Waals surface area (Å²) in [5.74, 6) is 1.06. The van der Waals surface area contributed by atoms with E-state index in [0.717, 1.165) is 18.2 Å². The Hall–Kier alpha value is 1.44. The summed E-state index contributed by atoms with van der Waals surface area (Å²) in [6, 6.07) is -1.53. The molecule has 0 fully saturated rings. The Kier molecular flexibility index (Phi) is 24.3. The maximum absolute atomic E-state index is 5.90. The molecule has 0 radical (unpaired) electrons. The second kappa shape index (κ2) is 23.1. The molecule has 0 aromatic carbocycles. The predicted octanol–water partition coefficient (Wildman–Crippen LogP) is 10.8. The van der Waals surface area contributed by atoms with E-state index in [-0.39, 0.29) is 0 Å². The number of halogens is 3. The molecule has 0 saturated carbocycles. The minimum absolute atomic E-state index is 0.828. The molecule has 0 aromatic rings. The molecule has 0 N–H and O–H groups in total. The summed E-state index contributed by atoms with van der Waals surface area (Å²) < 4.78 is 0. The molecule has 0 aliphatic carbocycles. The van der Waals surface area contributed by atoms with Gasteiger partial charge in [0.25, 0.3) is 0 Å². The molecule has 0 heterocycles. The topological polar surface area (TPSA) is 0 Å². The van der Waals surface area contributed by atoms with E-state index in [0.29, 0.717) is 0 Å². The SMILES string of the molecule is SCCCCCCCCCCCCCCCCCCCCCCC[Si](Cl)(Cl)Cl. The molecular formula is C23H47Cl3SSi. The van der Waals surface area contributed by atoms with Gasteiger partial charge in [0.15, 0.2) is 0 Å². The van der Waals surface area contributed by atoms with Crippen molar-refractivity contribution in [1.82, 2.24) is 0 Å². The second-order valence-corrected chi connectivity index (χ2v) is 18.2. The zero-order chi connectivity index (χ0) is 20.8. The van der Waals surface area contributed by atoms with Crippen molar-refractivity contribution < 1.29 is 0 Å². The highest BCUT2D eigenvalue weighted by atomic mass is 35.8. The Morgan fingerprint density at radius 3 is 0.786 bits per heavy atom. The lowest BCUT2D eigenvalue weighted by atomic mass is 10.0. The fourth-order valence-corrected chi connectivity index (χ4v) is 5.87. The van der Waals surface area contributed by atoms with Crippen molar-refractivity contribution >= 4 is 51.9 Å². The van der Waals surface area contributed by atoms with Gasteiger partial charge in [-0.25, -0.2) is 0 Å². The zero-order valence-electron chi connectivity index (χ0n) is 18.3. The molecule has 0 bridgehead atoms. The third-order valence-electron chi connectivity index (χ3n) is 5.62. The lowest BCUT2D eigenvalue weighted by Gasteiger charge is -2.07. The van der Waals surface area contributed by atoms with Crippen LogP contribution in [0.1, 0.15) is 135 Å². The predicted molar refractivity (Wildman–Crippen MR) is 139 cm³/mol. The first kappa shape index (κ1) is 29.4. The number of unbranched alkanes of at least 4 members (excludes halogenated alkanes) is 20. The monoisotopic (exact) mass is 488 g/mol. The van der Waals surface area contributed by atoms with Gasteiger partial charge in [-0.15, -0.1) is 33.2 Å². The van der Waals surface area contributed by atoms with Crippen LogP contribution in [0.4, 0.5) is 0 Å². The summed E-state index contributed by atoms with van der Waals surface area (Å²) in [7, 11) is 0. The molecule has 0 atom stereocenters. The lowest BCUT2D eigenvalue weighted by molar-refractivity contribution is 0.521. The first-order chi connectivity index (χ1) is 13.6. The normalized spacial score (nSPS) is 12.0. The highest BCUT2D eigenvalue weighted by Gasteiger charge is 2.23. The molecular weight excluding hydrogens is 443 g/mol. The molecule has 0 nitrogen and oxygen atoms in total. The first-order valence-electron chi connectivity index (χ1n) is 12.2. The van der Waals surface area contributed by atoms with Crippen LogP contribution in [0.3, 0.4) is 0 Å². The van der Waals surface area contributed by atoms with E-state index in [1.807, 2.05) is 0 Å². The zero-order valence-corrected chi connectivity index (χ0v) is 22.5. The van der Waals surface area contributed by atoms with Crippen LogP contribution in [0.25, 0.3) is 0 Å². The van der Waals surface area contributed by atoms with Crippen molar-refractivity contribution in [2.24, 2.45) is 0 Å². The van der Waals surface area contributed by atoms with Gasteiger partial charge in [0.05, 0.1) is 0 Å². The van der Waals surface area contributed by atoms with E-state index < -0.39 is 6.00 Å². The van der Waals surface area contributed by atoms with E-state index >= 15 is 0 Å². The first-order valence-corrected chi connectivity index (χ1v) is 18.1. The van der Waals surface area contributed by atoms with E-state index in [1.54, 1.807) is 0 Å². The van der Waals surface area contributed by atoms with Crippen LogP contribution in [-0.4, -0.2) is 11.8 Å². The van der Waals surface area contributed by atoms with Gasteiger partial charge in [-0.2, -0.15) is 12.6 Å². The minimum atomic E-state index is -2.36. The molecule has 170 valence electrons. The van der Waals surface area contributed by atoms with Crippen molar-refractivity contribution in [2.75, 3.05) is 5.75 Å². The van der Waals surface area contributed by atoms with E-state index in [2.05, 4.69) is 12.6 Å². The average molecular weight is 490 g/mol. The Morgan fingerprint density at radius 2 is 0.571 bits per heavy atom. The molecule has 0 rings (SSSR count). The van der Waals surface area contributed by atoms with E-state index in [4.69, 9.17) is 33.2 Å². The maximum Gasteiger partial charge on any atom is 0.341 e. The van der Waals surface area contributed by atoms with Gasteiger partial charge < -0.3 is 0 Å². The summed E-state index contributed by atoms with van der Waals surface area (Å²) in [6.45, 7) is 0. The van der Waals surface area contributed by atoms with Gasteiger partial charge in [0.1, 0.15) is 0 Å². The van der Waals surface area contributed by atoms with Gasteiger partial charge in [0.2, 0.25) is 0 Å². The highest BCUT2D eigenvalue weighted by molar-refractivity contribution is 7.80. The molecule has 0 aliphatic heterocycles. The van der Waals surface area contributed by atoms with Gasteiger partial charge >= 0.3 is 6.00 Å². The van der Waals surface area contributed by atoms with Crippen molar-refractivity contribution in [3.05, 3.63) is 0 Å². The van der Waals surface area contributed by atoms with Crippen LogP contribution in [0, 0.1) is 0 Å². The number of hydrogen-bond acceptors (Lipinski definition) is 1. The summed E-state index contributed by atoms with van der Waals surface area (Å²) in [4.78, 5) is 0. The van der Waals surface area contributed by atoms with Gasteiger partial charge in [0, 0.05) is 0 Å². The summed E-state index contributed by atoms with van der Waals surface area (Å²) in [5.41, 5.74) is 0. The molecule has 0 spiro atoms. The molecule has 0 aromatic heterocycles. The quantitative estimate of drug-likeness (QED) is 0.0627.